The predicted molar refractivity (Wildman–Crippen MR) is 105 cm³/mol. The van der Waals surface area contributed by atoms with E-state index in [0.717, 1.165) is 26.4 Å². The van der Waals surface area contributed by atoms with Crippen LogP contribution in [0.15, 0.2) is 64.8 Å². The Morgan fingerprint density at radius 2 is 1.93 bits per heavy atom. The number of hydrogen-bond donors (Lipinski definition) is 1. The van der Waals surface area contributed by atoms with Crippen LogP contribution in [-0.2, 0) is 4.79 Å². The van der Waals surface area contributed by atoms with Crippen LogP contribution in [0.4, 0.5) is 9.52 Å². The second kappa shape index (κ2) is 7.42. The van der Waals surface area contributed by atoms with Crippen molar-refractivity contribution in [2.24, 2.45) is 0 Å². The van der Waals surface area contributed by atoms with E-state index in [2.05, 4.69) is 20.3 Å². The van der Waals surface area contributed by atoms with Crippen LogP contribution < -0.4 is 5.32 Å². The maximum atomic E-state index is 13.0. The number of carbonyl (C=O) groups excluding carboxylic acids is 1. The third-order valence-electron chi connectivity index (χ3n) is 3.62. The lowest BCUT2D eigenvalue weighted by atomic mass is 10.1. The highest BCUT2D eigenvalue weighted by Crippen LogP contribution is 2.31. The Morgan fingerprint density at radius 3 is 2.70 bits per heavy atom. The van der Waals surface area contributed by atoms with E-state index in [9.17, 15) is 9.18 Å². The molecular weight excluding hydrogens is 383 g/mol. The number of fused-ring (bicyclic) bond motifs is 1. The van der Waals surface area contributed by atoms with Crippen LogP contribution in [-0.4, -0.2) is 20.9 Å². The van der Waals surface area contributed by atoms with Crippen molar-refractivity contribution in [1.29, 1.82) is 0 Å². The number of carbonyl (C=O) groups is 1. The van der Waals surface area contributed by atoms with Crippen molar-refractivity contribution in [2.45, 2.75) is 17.0 Å². The normalized spacial score (nSPS) is 10.9. The molecule has 1 amide bonds. The van der Waals surface area contributed by atoms with Gasteiger partial charge in [0, 0.05) is 23.6 Å². The number of halogens is 1. The Morgan fingerprint density at radius 1 is 1.11 bits per heavy atom. The molecule has 0 fully saturated rings. The molecule has 0 saturated heterocycles. The van der Waals surface area contributed by atoms with Crippen LogP contribution in [0, 0.1) is 5.82 Å². The summed E-state index contributed by atoms with van der Waals surface area (Å²) in [5.74, 6) is -0.418. The van der Waals surface area contributed by atoms with Gasteiger partial charge in [0.15, 0.2) is 10.3 Å². The van der Waals surface area contributed by atoms with Crippen LogP contribution >= 0.6 is 23.1 Å². The van der Waals surface area contributed by atoms with Gasteiger partial charge in [0.25, 0.3) is 0 Å². The minimum atomic E-state index is -0.273. The molecule has 0 bridgehead atoms. The fourth-order valence-corrected chi connectivity index (χ4v) is 4.14. The average molecular weight is 396 g/mol. The molecule has 0 radical (unpaired) electrons. The molecule has 0 aliphatic rings. The Kier molecular flexibility index (Phi) is 4.83. The quantitative estimate of drug-likeness (QED) is 0.492. The average Bonchev–Trinajstić information content (AvgIpc) is 3.04. The summed E-state index contributed by atoms with van der Waals surface area (Å²) < 4.78 is 14.0. The van der Waals surface area contributed by atoms with E-state index in [1.54, 1.807) is 18.3 Å². The minimum Gasteiger partial charge on any atom is -0.302 e. The van der Waals surface area contributed by atoms with Gasteiger partial charge in [0.2, 0.25) is 5.91 Å². The lowest BCUT2D eigenvalue weighted by Crippen LogP contribution is -2.04. The highest BCUT2D eigenvalue weighted by Gasteiger charge is 2.09. The molecule has 4 aromatic rings. The summed E-state index contributed by atoms with van der Waals surface area (Å²) in [6.45, 7) is 1.46. The van der Waals surface area contributed by atoms with E-state index in [1.165, 1.54) is 42.2 Å². The van der Waals surface area contributed by atoms with Crippen molar-refractivity contribution in [2.75, 3.05) is 5.32 Å². The lowest BCUT2D eigenvalue weighted by Gasteiger charge is -2.04. The number of anilines is 1. The molecule has 0 aliphatic carbocycles. The van der Waals surface area contributed by atoms with Gasteiger partial charge in [0.05, 0.1) is 15.9 Å². The first-order valence-corrected chi connectivity index (χ1v) is 9.65. The van der Waals surface area contributed by atoms with E-state index >= 15 is 0 Å². The first-order chi connectivity index (χ1) is 13.1. The Hall–Kier alpha value is -2.84. The summed E-state index contributed by atoms with van der Waals surface area (Å²) in [7, 11) is 0. The molecule has 2 aromatic heterocycles. The Labute approximate surface area is 162 Å². The van der Waals surface area contributed by atoms with Gasteiger partial charge in [-0.3, -0.25) is 4.79 Å². The molecule has 27 heavy (non-hydrogen) atoms. The first-order valence-electron chi connectivity index (χ1n) is 8.02. The van der Waals surface area contributed by atoms with Gasteiger partial charge in [-0.25, -0.2) is 19.3 Å². The molecule has 0 unspecified atom stereocenters. The van der Waals surface area contributed by atoms with Crippen LogP contribution in [0.5, 0.6) is 0 Å². The first kappa shape index (κ1) is 17.6. The van der Waals surface area contributed by atoms with E-state index in [1.807, 2.05) is 24.3 Å². The fraction of sp³-hybridized carbons (Fsp3) is 0.0526. The number of thiazole rings is 1. The molecule has 0 saturated carbocycles. The number of rotatable bonds is 4. The van der Waals surface area contributed by atoms with Crippen molar-refractivity contribution in [3.05, 3.63) is 60.5 Å². The summed E-state index contributed by atoms with van der Waals surface area (Å²) >= 11 is 2.79. The molecule has 0 aliphatic heterocycles. The zero-order valence-corrected chi connectivity index (χ0v) is 15.8. The predicted octanol–water partition coefficient (Wildman–Crippen LogP) is 5.00. The zero-order chi connectivity index (χ0) is 18.8. The molecule has 1 N–H and O–H groups in total. The third kappa shape index (κ3) is 4.12. The van der Waals surface area contributed by atoms with Crippen molar-refractivity contribution in [3.63, 3.8) is 0 Å². The second-order valence-corrected chi connectivity index (χ2v) is 7.73. The van der Waals surface area contributed by atoms with E-state index < -0.39 is 0 Å². The second-order valence-electron chi connectivity index (χ2n) is 5.66. The Balaban J connectivity index is 1.62. The van der Waals surface area contributed by atoms with Gasteiger partial charge in [0.1, 0.15) is 5.82 Å². The smallest absolute Gasteiger partial charge is 0.223 e. The van der Waals surface area contributed by atoms with Gasteiger partial charge in [-0.2, -0.15) is 0 Å². The number of amides is 1. The van der Waals surface area contributed by atoms with Gasteiger partial charge >= 0.3 is 0 Å². The summed E-state index contributed by atoms with van der Waals surface area (Å²) in [6, 6.07) is 13.9. The Bertz CT molecular complexity index is 1130. The van der Waals surface area contributed by atoms with Gasteiger partial charge in [-0.05, 0) is 54.2 Å². The lowest BCUT2D eigenvalue weighted by molar-refractivity contribution is -0.114. The maximum Gasteiger partial charge on any atom is 0.223 e. The van der Waals surface area contributed by atoms with E-state index in [4.69, 9.17) is 0 Å². The number of aromatic nitrogens is 3. The summed E-state index contributed by atoms with van der Waals surface area (Å²) in [4.78, 5) is 25.3. The standard InChI is InChI=1S/C19H13FN4OS2/c1-11(25)22-19-24-16-7-2-12(10-17(16)27-19)15-8-9-21-18(23-15)26-14-5-3-13(20)4-6-14/h2-10H,1H3,(H,22,24,25). The molecular formula is C19H13FN4OS2. The number of hydrogen-bond acceptors (Lipinski definition) is 6. The molecule has 4 rings (SSSR count). The minimum absolute atomic E-state index is 0.146. The number of benzene rings is 2. The van der Waals surface area contributed by atoms with Gasteiger partial charge < -0.3 is 5.32 Å². The van der Waals surface area contributed by atoms with Crippen LogP contribution in [0.1, 0.15) is 6.92 Å². The zero-order valence-electron chi connectivity index (χ0n) is 14.1. The largest absolute Gasteiger partial charge is 0.302 e. The SMILES string of the molecule is CC(=O)Nc1nc2ccc(-c3ccnc(Sc4ccc(F)cc4)n3)cc2s1. The van der Waals surface area contributed by atoms with Gasteiger partial charge in [-0.15, -0.1) is 0 Å². The van der Waals surface area contributed by atoms with E-state index in [0.29, 0.717) is 10.3 Å². The fourth-order valence-electron chi connectivity index (χ4n) is 2.45. The molecule has 134 valence electrons. The van der Waals surface area contributed by atoms with E-state index in [-0.39, 0.29) is 11.7 Å². The highest BCUT2D eigenvalue weighted by molar-refractivity contribution is 7.99. The van der Waals surface area contributed by atoms with Crippen LogP contribution in [0.25, 0.3) is 21.5 Å². The summed E-state index contributed by atoms with van der Waals surface area (Å²) in [6.07, 6.45) is 1.70. The van der Waals surface area contributed by atoms with Crippen LogP contribution in [0.3, 0.4) is 0 Å². The third-order valence-corrected chi connectivity index (χ3v) is 5.44. The topological polar surface area (TPSA) is 67.8 Å². The van der Waals surface area contributed by atoms with Crippen molar-refractivity contribution >= 4 is 44.4 Å². The number of nitrogens with zero attached hydrogens (tertiary/aromatic N) is 3. The molecule has 0 spiro atoms. The van der Waals surface area contributed by atoms with Crippen molar-refractivity contribution in [3.8, 4) is 11.3 Å². The highest BCUT2D eigenvalue weighted by atomic mass is 32.2. The maximum absolute atomic E-state index is 13.0. The molecule has 2 aromatic carbocycles. The number of nitrogens with one attached hydrogen (secondary N) is 1. The van der Waals surface area contributed by atoms with Crippen LogP contribution in [0.2, 0.25) is 0 Å². The van der Waals surface area contributed by atoms with Gasteiger partial charge in [-0.1, -0.05) is 17.4 Å². The van der Waals surface area contributed by atoms with Crippen molar-refractivity contribution < 1.29 is 9.18 Å². The van der Waals surface area contributed by atoms with Crippen molar-refractivity contribution in [1.82, 2.24) is 15.0 Å². The summed E-state index contributed by atoms with van der Waals surface area (Å²) in [5, 5.41) is 3.87. The summed E-state index contributed by atoms with van der Waals surface area (Å²) in [5.41, 5.74) is 2.54. The molecule has 0 atom stereocenters. The molecule has 5 nitrogen and oxygen atoms in total. The molecule has 8 heteroatoms. The molecule has 2 heterocycles. The monoisotopic (exact) mass is 396 g/mol.